The lowest BCUT2D eigenvalue weighted by molar-refractivity contribution is 0.533. The fraction of sp³-hybridized carbons (Fsp3) is 0.167. The maximum Gasteiger partial charge on any atom is 0.271 e. The standard InChI is InChI=1S/C12H12INO2S/c1-3-9-14(10-8-13)17(15,16)12-6-4-11(2)5-7-12/h3-7H,1,9H2,2H3. The molecular formula is C12H12INO2S. The summed E-state index contributed by atoms with van der Waals surface area (Å²) in [6.07, 6.45) is 1.51. The molecule has 0 saturated carbocycles. The molecule has 0 atom stereocenters. The zero-order valence-corrected chi connectivity index (χ0v) is 12.3. The van der Waals surface area contributed by atoms with Gasteiger partial charge in [0, 0.05) is 28.6 Å². The van der Waals surface area contributed by atoms with Crippen molar-refractivity contribution in [1.82, 2.24) is 4.31 Å². The van der Waals surface area contributed by atoms with Crippen LogP contribution in [0.5, 0.6) is 0 Å². The van der Waals surface area contributed by atoms with Crippen LogP contribution in [0.2, 0.25) is 0 Å². The van der Waals surface area contributed by atoms with Gasteiger partial charge in [0.15, 0.2) is 0 Å². The van der Waals surface area contributed by atoms with Gasteiger partial charge in [-0.1, -0.05) is 23.8 Å². The summed E-state index contributed by atoms with van der Waals surface area (Å²) in [4.78, 5) is 0.240. The smallest absolute Gasteiger partial charge is 0.220 e. The topological polar surface area (TPSA) is 37.4 Å². The Balaban J connectivity index is 3.19. The second-order valence-corrected chi connectivity index (χ2v) is 5.75. The van der Waals surface area contributed by atoms with E-state index in [4.69, 9.17) is 0 Å². The minimum Gasteiger partial charge on any atom is -0.220 e. The molecule has 0 fully saturated rings. The van der Waals surface area contributed by atoms with E-state index in [-0.39, 0.29) is 11.4 Å². The average Bonchev–Trinajstić information content (AvgIpc) is 2.29. The minimum absolute atomic E-state index is 0.173. The molecule has 1 aromatic carbocycles. The van der Waals surface area contributed by atoms with E-state index < -0.39 is 10.0 Å². The first kappa shape index (κ1) is 14.1. The Morgan fingerprint density at radius 2 is 2.00 bits per heavy atom. The van der Waals surface area contributed by atoms with Gasteiger partial charge < -0.3 is 0 Å². The van der Waals surface area contributed by atoms with Gasteiger partial charge in [-0.15, -0.1) is 6.58 Å². The number of hydrogen-bond acceptors (Lipinski definition) is 2. The first-order chi connectivity index (χ1) is 8.02. The predicted molar refractivity (Wildman–Crippen MR) is 77.1 cm³/mol. The summed E-state index contributed by atoms with van der Waals surface area (Å²) >= 11 is 1.81. The SMILES string of the molecule is C=CCN(C#CI)S(=O)(=O)c1ccc(C)cc1. The molecule has 1 aromatic rings. The molecule has 1 rings (SSSR count). The molecule has 17 heavy (non-hydrogen) atoms. The van der Waals surface area contributed by atoms with Crippen molar-refractivity contribution in [2.75, 3.05) is 6.54 Å². The van der Waals surface area contributed by atoms with Gasteiger partial charge in [0.05, 0.1) is 11.4 Å². The van der Waals surface area contributed by atoms with E-state index in [1.54, 1.807) is 46.9 Å². The molecule has 0 amide bonds. The number of sulfonamides is 1. The maximum atomic E-state index is 12.2. The Labute approximate surface area is 116 Å². The molecule has 0 radical (unpaired) electrons. The van der Waals surface area contributed by atoms with E-state index in [1.807, 2.05) is 6.92 Å². The van der Waals surface area contributed by atoms with Gasteiger partial charge in [-0.2, -0.15) is 0 Å². The molecule has 0 spiro atoms. The first-order valence-corrected chi connectivity index (χ1v) is 7.36. The van der Waals surface area contributed by atoms with Gasteiger partial charge in [-0.05, 0) is 23.0 Å². The highest BCUT2D eigenvalue weighted by atomic mass is 127. The second kappa shape index (κ2) is 6.07. The monoisotopic (exact) mass is 361 g/mol. The number of benzene rings is 1. The summed E-state index contributed by atoms with van der Waals surface area (Å²) in [6, 6.07) is 9.23. The lowest BCUT2D eigenvalue weighted by atomic mass is 10.2. The molecule has 0 aliphatic heterocycles. The summed E-state index contributed by atoms with van der Waals surface area (Å²) in [5, 5.41) is 0. The van der Waals surface area contributed by atoms with Crippen LogP contribution in [0, 0.1) is 16.9 Å². The fourth-order valence-corrected chi connectivity index (χ4v) is 2.86. The molecule has 0 aliphatic rings. The van der Waals surface area contributed by atoms with Crippen molar-refractivity contribution in [2.45, 2.75) is 11.8 Å². The molecule has 0 saturated heterocycles. The molecular weight excluding hydrogens is 349 g/mol. The van der Waals surface area contributed by atoms with Crippen LogP contribution in [-0.4, -0.2) is 19.3 Å². The highest BCUT2D eigenvalue weighted by molar-refractivity contribution is 14.1. The third kappa shape index (κ3) is 3.48. The Morgan fingerprint density at radius 1 is 1.41 bits per heavy atom. The molecule has 90 valence electrons. The molecule has 0 bridgehead atoms. The largest absolute Gasteiger partial charge is 0.271 e. The van der Waals surface area contributed by atoms with Crippen molar-refractivity contribution in [3.05, 3.63) is 42.5 Å². The molecule has 0 aliphatic carbocycles. The lowest BCUT2D eigenvalue weighted by Crippen LogP contribution is -2.26. The van der Waals surface area contributed by atoms with Crippen molar-refractivity contribution < 1.29 is 8.42 Å². The quantitative estimate of drug-likeness (QED) is 0.358. The molecule has 5 heteroatoms. The highest BCUT2D eigenvalue weighted by Crippen LogP contribution is 2.15. The number of halogens is 1. The van der Waals surface area contributed by atoms with Crippen LogP contribution in [0.15, 0.2) is 41.8 Å². The normalized spacial score (nSPS) is 10.2. The molecule has 3 nitrogen and oxygen atoms in total. The maximum absolute atomic E-state index is 12.2. The van der Waals surface area contributed by atoms with E-state index >= 15 is 0 Å². The van der Waals surface area contributed by atoms with Crippen molar-refractivity contribution in [3.63, 3.8) is 0 Å². The Kier molecular flexibility index (Phi) is 5.02. The van der Waals surface area contributed by atoms with Crippen LogP contribution in [-0.2, 0) is 10.0 Å². The van der Waals surface area contributed by atoms with Crippen LogP contribution in [0.4, 0.5) is 0 Å². The van der Waals surface area contributed by atoms with Gasteiger partial charge in [0.25, 0.3) is 10.0 Å². The number of nitrogens with zero attached hydrogens (tertiary/aromatic N) is 1. The minimum atomic E-state index is -3.56. The van der Waals surface area contributed by atoms with Crippen LogP contribution in [0.3, 0.4) is 0 Å². The van der Waals surface area contributed by atoms with Gasteiger partial charge >= 0.3 is 0 Å². The molecule has 0 aromatic heterocycles. The molecule has 0 N–H and O–H groups in total. The van der Waals surface area contributed by atoms with Crippen molar-refractivity contribution in [3.8, 4) is 9.97 Å². The van der Waals surface area contributed by atoms with E-state index in [2.05, 4.69) is 16.6 Å². The summed E-state index contributed by atoms with van der Waals surface area (Å²) in [7, 11) is -3.56. The van der Waals surface area contributed by atoms with Crippen LogP contribution in [0.1, 0.15) is 5.56 Å². The third-order valence-electron chi connectivity index (χ3n) is 2.07. The zero-order valence-electron chi connectivity index (χ0n) is 9.35. The Bertz CT molecular complexity index is 552. The lowest BCUT2D eigenvalue weighted by Gasteiger charge is -2.15. The third-order valence-corrected chi connectivity index (χ3v) is 4.00. The number of hydrogen-bond donors (Lipinski definition) is 0. The van der Waals surface area contributed by atoms with Crippen molar-refractivity contribution >= 4 is 32.6 Å². The molecule has 0 heterocycles. The van der Waals surface area contributed by atoms with Crippen LogP contribution in [0.25, 0.3) is 0 Å². The summed E-state index contributed by atoms with van der Waals surface area (Å²) < 4.78 is 28.0. The number of aryl methyl sites for hydroxylation is 1. The first-order valence-electron chi connectivity index (χ1n) is 4.84. The summed E-state index contributed by atoms with van der Waals surface area (Å²) in [6.45, 7) is 5.61. The van der Waals surface area contributed by atoms with Gasteiger partial charge in [-0.3, -0.25) is 0 Å². The Morgan fingerprint density at radius 3 is 2.47 bits per heavy atom. The van der Waals surface area contributed by atoms with E-state index in [9.17, 15) is 8.42 Å². The number of rotatable bonds is 4. The summed E-state index contributed by atoms with van der Waals surface area (Å²) in [5.41, 5.74) is 1.01. The van der Waals surface area contributed by atoms with Crippen molar-refractivity contribution in [1.29, 1.82) is 0 Å². The molecule has 0 unspecified atom stereocenters. The van der Waals surface area contributed by atoms with Crippen molar-refractivity contribution in [2.24, 2.45) is 0 Å². The zero-order chi connectivity index (χ0) is 12.9. The van der Waals surface area contributed by atoms with E-state index in [0.29, 0.717) is 0 Å². The summed E-state index contributed by atoms with van der Waals surface area (Å²) in [5.74, 6) is 0. The predicted octanol–water partition coefficient (Wildman–Crippen LogP) is 2.53. The van der Waals surface area contributed by atoms with E-state index in [1.165, 1.54) is 6.08 Å². The van der Waals surface area contributed by atoms with Crippen LogP contribution < -0.4 is 0 Å². The van der Waals surface area contributed by atoms with E-state index in [0.717, 1.165) is 9.87 Å². The van der Waals surface area contributed by atoms with Gasteiger partial charge in [-0.25, -0.2) is 12.7 Å². The van der Waals surface area contributed by atoms with Crippen LogP contribution >= 0.6 is 22.6 Å². The second-order valence-electron chi connectivity index (χ2n) is 3.34. The van der Waals surface area contributed by atoms with Gasteiger partial charge in [0.2, 0.25) is 0 Å². The highest BCUT2D eigenvalue weighted by Gasteiger charge is 2.20. The Hall–Kier alpha value is -1.00. The van der Waals surface area contributed by atoms with Gasteiger partial charge in [0.1, 0.15) is 0 Å². The average molecular weight is 361 g/mol. The fourth-order valence-electron chi connectivity index (χ4n) is 1.21.